The van der Waals surface area contributed by atoms with Gasteiger partial charge in [0.2, 0.25) is 0 Å². The Kier molecular flexibility index (Phi) is 3.82. The van der Waals surface area contributed by atoms with E-state index in [4.69, 9.17) is 4.74 Å². The van der Waals surface area contributed by atoms with Crippen molar-refractivity contribution in [3.63, 3.8) is 0 Å². The molecule has 0 fully saturated rings. The van der Waals surface area contributed by atoms with Gasteiger partial charge in [0.1, 0.15) is 5.76 Å². The number of ether oxygens (including phenoxy) is 1. The first-order valence-corrected chi connectivity index (χ1v) is 5.96. The van der Waals surface area contributed by atoms with Crippen LogP contribution in [0, 0.1) is 0 Å². The SMILES string of the molecule is C=CCC(=O)OC1=CC(C)(C)N(C)C(C)(C)C1. The van der Waals surface area contributed by atoms with Gasteiger partial charge in [-0.25, -0.2) is 0 Å². The molecule has 0 aromatic carbocycles. The van der Waals surface area contributed by atoms with Crippen molar-refractivity contribution in [1.29, 1.82) is 0 Å². The topological polar surface area (TPSA) is 29.5 Å². The van der Waals surface area contributed by atoms with Crippen molar-refractivity contribution in [2.75, 3.05) is 7.05 Å². The highest BCUT2D eigenvalue weighted by Gasteiger charge is 2.39. The largest absolute Gasteiger partial charge is 0.431 e. The lowest BCUT2D eigenvalue weighted by atomic mass is 9.85. The predicted molar refractivity (Wildman–Crippen MR) is 69.5 cm³/mol. The Morgan fingerprint density at radius 3 is 2.59 bits per heavy atom. The number of rotatable bonds is 3. The number of carbonyl (C=O) groups excluding carboxylic acids is 1. The smallest absolute Gasteiger partial charge is 0.314 e. The van der Waals surface area contributed by atoms with Gasteiger partial charge in [0, 0.05) is 17.5 Å². The summed E-state index contributed by atoms with van der Waals surface area (Å²) in [5.41, 5.74) is -0.117. The summed E-state index contributed by atoms with van der Waals surface area (Å²) in [7, 11) is 2.10. The van der Waals surface area contributed by atoms with Crippen LogP contribution in [0.2, 0.25) is 0 Å². The first-order chi connectivity index (χ1) is 7.69. The van der Waals surface area contributed by atoms with Crippen LogP contribution >= 0.6 is 0 Å². The number of nitrogens with zero attached hydrogens (tertiary/aromatic N) is 1. The molecule has 0 unspecified atom stereocenters. The molecule has 0 saturated carbocycles. The van der Waals surface area contributed by atoms with Crippen molar-refractivity contribution in [1.82, 2.24) is 4.90 Å². The van der Waals surface area contributed by atoms with Crippen molar-refractivity contribution >= 4 is 5.97 Å². The van der Waals surface area contributed by atoms with Crippen LogP contribution in [0.4, 0.5) is 0 Å². The van der Waals surface area contributed by atoms with Crippen molar-refractivity contribution in [3.05, 3.63) is 24.5 Å². The quantitative estimate of drug-likeness (QED) is 0.558. The average molecular weight is 237 g/mol. The minimum atomic E-state index is -0.234. The minimum Gasteiger partial charge on any atom is -0.431 e. The van der Waals surface area contributed by atoms with E-state index in [2.05, 4.69) is 46.2 Å². The summed E-state index contributed by atoms with van der Waals surface area (Å²) in [5.74, 6) is 0.535. The first-order valence-electron chi connectivity index (χ1n) is 5.96. The van der Waals surface area contributed by atoms with Gasteiger partial charge in [0.15, 0.2) is 0 Å². The molecule has 3 heteroatoms. The van der Waals surface area contributed by atoms with Crippen molar-refractivity contribution in [2.24, 2.45) is 0 Å². The maximum Gasteiger partial charge on any atom is 0.314 e. The molecule has 0 amide bonds. The Hall–Kier alpha value is -1.09. The molecule has 3 nitrogen and oxygen atoms in total. The van der Waals surface area contributed by atoms with Gasteiger partial charge < -0.3 is 4.74 Å². The van der Waals surface area contributed by atoms with E-state index in [-0.39, 0.29) is 23.5 Å². The summed E-state index contributed by atoms with van der Waals surface area (Å²) in [6.45, 7) is 12.1. The molecule has 0 aromatic heterocycles. The monoisotopic (exact) mass is 237 g/mol. The van der Waals surface area contributed by atoms with E-state index in [1.807, 2.05) is 6.08 Å². The van der Waals surface area contributed by atoms with Gasteiger partial charge in [0.05, 0.1) is 6.42 Å². The molecule has 96 valence electrons. The predicted octanol–water partition coefficient (Wildman–Crippen LogP) is 2.88. The van der Waals surface area contributed by atoms with E-state index < -0.39 is 0 Å². The van der Waals surface area contributed by atoms with Crippen molar-refractivity contribution in [3.8, 4) is 0 Å². The second-order valence-corrected chi connectivity index (χ2v) is 5.78. The molecule has 0 aliphatic carbocycles. The van der Waals surface area contributed by atoms with Crippen LogP contribution < -0.4 is 0 Å². The van der Waals surface area contributed by atoms with Gasteiger partial charge in [0.25, 0.3) is 0 Å². The van der Waals surface area contributed by atoms with Crippen LogP contribution in [-0.4, -0.2) is 29.0 Å². The summed E-state index contributed by atoms with van der Waals surface area (Å²) < 4.78 is 5.38. The minimum absolute atomic E-state index is 0.0119. The lowest BCUT2D eigenvalue weighted by molar-refractivity contribution is -0.139. The zero-order valence-corrected chi connectivity index (χ0v) is 11.5. The summed E-state index contributed by atoms with van der Waals surface area (Å²) in [6, 6.07) is 0. The molecule has 1 aliphatic heterocycles. The average Bonchev–Trinajstić information content (AvgIpc) is 2.13. The van der Waals surface area contributed by atoms with Crippen LogP contribution in [0.15, 0.2) is 24.5 Å². The molecule has 0 aromatic rings. The number of esters is 1. The van der Waals surface area contributed by atoms with Gasteiger partial charge in [-0.05, 0) is 40.8 Å². The standard InChI is InChI=1S/C14H23NO2/c1-7-8-12(16)17-11-9-13(2,3)15(6)14(4,5)10-11/h7,9H,1,8,10H2,2-6H3. The van der Waals surface area contributed by atoms with E-state index in [0.717, 1.165) is 12.2 Å². The summed E-state index contributed by atoms with van der Waals surface area (Å²) in [6.07, 6.45) is 4.59. The number of likely N-dealkylation sites (N-methyl/N-ethyl adjacent to an activating group) is 1. The summed E-state index contributed by atoms with van der Waals surface area (Å²) >= 11 is 0. The maximum absolute atomic E-state index is 11.5. The molecule has 1 aliphatic rings. The second-order valence-electron chi connectivity index (χ2n) is 5.78. The van der Waals surface area contributed by atoms with E-state index >= 15 is 0 Å². The van der Waals surface area contributed by atoms with Crippen molar-refractivity contribution in [2.45, 2.75) is 51.6 Å². The number of carbonyl (C=O) groups is 1. The zero-order chi connectivity index (χ0) is 13.3. The third-order valence-corrected chi connectivity index (χ3v) is 3.45. The Morgan fingerprint density at radius 2 is 2.12 bits per heavy atom. The lowest BCUT2D eigenvalue weighted by Gasteiger charge is -2.48. The fourth-order valence-corrected chi connectivity index (χ4v) is 2.24. The van der Waals surface area contributed by atoms with E-state index in [9.17, 15) is 4.79 Å². The Morgan fingerprint density at radius 1 is 1.53 bits per heavy atom. The van der Waals surface area contributed by atoms with E-state index in [1.54, 1.807) is 6.08 Å². The molecule has 1 heterocycles. The summed E-state index contributed by atoms with van der Waals surface area (Å²) in [4.78, 5) is 13.8. The highest BCUT2D eigenvalue weighted by atomic mass is 16.5. The molecule has 0 saturated heterocycles. The number of hydrogen-bond acceptors (Lipinski definition) is 3. The van der Waals surface area contributed by atoms with Crippen LogP contribution in [0.25, 0.3) is 0 Å². The highest BCUT2D eigenvalue weighted by Crippen LogP contribution is 2.36. The van der Waals surface area contributed by atoms with E-state index in [0.29, 0.717) is 0 Å². The lowest BCUT2D eigenvalue weighted by Crippen LogP contribution is -2.55. The van der Waals surface area contributed by atoms with Gasteiger partial charge in [-0.2, -0.15) is 0 Å². The fourth-order valence-electron chi connectivity index (χ4n) is 2.24. The highest BCUT2D eigenvalue weighted by molar-refractivity contribution is 5.72. The second kappa shape index (κ2) is 4.65. The molecule has 0 radical (unpaired) electrons. The van der Waals surface area contributed by atoms with Gasteiger partial charge in [-0.15, -0.1) is 6.58 Å². The molecule has 0 bridgehead atoms. The van der Waals surface area contributed by atoms with Crippen LogP contribution in [0.3, 0.4) is 0 Å². The van der Waals surface area contributed by atoms with E-state index in [1.165, 1.54) is 0 Å². The molecule has 0 atom stereocenters. The molecule has 0 N–H and O–H groups in total. The Labute approximate surface area is 104 Å². The third-order valence-electron chi connectivity index (χ3n) is 3.45. The van der Waals surface area contributed by atoms with Crippen LogP contribution in [-0.2, 0) is 9.53 Å². The van der Waals surface area contributed by atoms with Gasteiger partial charge in [-0.3, -0.25) is 9.69 Å². The molecule has 1 rings (SSSR count). The molecule has 0 spiro atoms. The Bertz CT molecular complexity index is 353. The summed E-state index contributed by atoms with van der Waals surface area (Å²) in [5, 5.41) is 0. The maximum atomic E-state index is 11.5. The third kappa shape index (κ3) is 3.19. The fraction of sp³-hybridized carbons (Fsp3) is 0.643. The zero-order valence-electron chi connectivity index (χ0n) is 11.5. The molecule has 17 heavy (non-hydrogen) atoms. The first kappa shape index (κ1) is 14.0. The van der Waals surface area contributed by atoms with Gasteiger partial charge >= 0.3 is 5.97 Å². The molecular formula is C14H23NO2. The Balaban J connectivity index is 2.87. The van der Waals surface area contributed by atoms with Crippen LogP contribution in [0.5, 0.6) is 0 Å². The molecular weight excluding hydrogens is 214 g/mol. The normalized spacial score (nSPS) is 22.8. The van der Waals surface area contributed by atoms with Gasteiger partial charge in [-0.1, -0.05) is 6.08 Å². The van der Waals surface area contributed by atoms with Crippen LogP contribution in [0.1, 0.15) is 40.5 Å². The number of hydrogen-bond donors (Lipinski definition) is 0. The van der Waals surface area contributed by atoms with Crippen molar-refractivity contribution < 1.29 is 9.53 Å².